The maximum Gasteiger partial charge on any atom is 0.305 e. The van der Waals surface area contributed by atoms with Gasteiger partial charge in [0.1, 0.15) is 25.5 Å². The Kier molecular flexibility index (Phi) is 9.17. The second-order valence-corrected chi connectivity index (χ2v) is 8.40. The average molecular weight is 543 g/mol. The predicted octanol–water partition coefficient (Wildman–Crippen LogP) is -0.970. The van der Waals surface area contributed by atoms with Crippen molar-refractivity contribution in [2.24, 2.45) is 0 Å². The number of phenolic OH excluding ortho intramolecular Hbond substituents is 1. The first-order valence-corrected chi connectivity index (χ1v) is 11.6. The first-order chi connectivity index (χ1) is 18.6. The number of carbonyl (C=O) groups is 6. The van der Waals surface area contributed by atoms with Crippen molar-refractivity contribution in [1.82, 2.24) is 10.6 Å². The average Bonchev–Trinajstić information content (AvgIpc) is 3.02. The van der Waals surface area contributed by atoms with E-state index >= 15 is 0 Å². The van der Waals surface area contributed by atoms with Gasteiger partial charge in [0, 0.05) is 5.56 Å². The predicted molar refractivity (Wildman–Crippen MR) is 134 cm³/mol. The number of nitrogens with one attached hydrogen (secondary N) is 2. The highest BCUT2D eigenvalue weighted by Gasteiger charge is 2.37. The summed E-state index contributed by atoms with van der Waals surface area (Å²) in [6, 6.07) is 7.02. The first-order valence-electron chi connectivity index (χ1n) is 11.6. The summed E-state index contributed by atoms with van der Waals surface area (Å²) < 4.78 is 5.01. The van der Waals surface area contributed by atoms with Crippen LogP contribution in [0.4, 0.5) is 11.4 Å². The summed E-state index contributed by atoms with van der Waals surface area (Å²) in [5.41, 5.74) is 0.285. The van der Waals surface area contributed by atoms with Crippen LogP contribution in [-0.4, -0.2) is 90.1 Å². The molecule has 3 rings (SSSR count). The summed E-state index contributed by atoms with van der Waals surface area (Å²) in [6.07, 6.45) is -0.422. The Morgan fingerprint density at radius 1 is 1.15 bits per heavy atom. The molecule has 0 bridgehead atoms. The summed E-state index contributed by atoms with van der Waals surface area (Å²) in [5, 5.41) is 33.0. The lowest BCUT2D eigenvalue weighted by atomic mass is 10.1. The van der Waals surface area contributed by atoms with Crippen LogP contribution in [0, 0.1) is 0 Å². The number of carboxylic acids is 1. The van der Waals surface area contributed by atoms with E-state index in [0.717, 1.165) is 9.80 Å². The second-order valence-electron chi connectivity index (χ2n) is 8.40. The third kappa shape index (κ3) is 6.67. The Morgan fingerprint density at radius 3 is 2.46 bits per heavy atom. The molecule has 2 aromatic carbocycles. The largest absolute Gasteiger partial charge is 0.504 e. The molecule has 0 aromatic heterocycles. The van der Waals surface area contributed by atoms with Gasteiger partial charge in [0.15, 0.2) is 11.5 Å². The molecule has 0 fully saturated rings. The standard InChI is InChI=1S/C25H26N4O10/c1-39-20-8-14(6-7-19(20)32)24(37)27-16-10-28(22(34)13-31)17-4-2-3-5-18(17)29(25(16)38)11-21(33)26-15(12-30)9-23(35)36/h2-8,12,15-16,31-32H,9-11,13H2,1H3,(H,26,33)(H,27,37)(H,35,36)/t15-,16-/m0/s1. The van der Waals surface area contributed by atoms with Crippen LogP contribution in [0.2, 0.25) is 0 Å². The van der Waals surface area contributed by atoms with E-state index < -0.39 is 67.8 Å². The molecule has 2 atom stereocenters. The van der Waals surface area contributed by atoms with Gasteiger partial charge in [-0.05, 0) is 30.3 Å². The number of ether oxygens (including phenoxy) is 1. The lowest BCUT2D eigenvalue weighted by Crippen LogP contribution is -2.55. The molecule has 2 aromatic rings. The zero-order chi connectivity index (χ0) is 28.7. The molecule has 0 radical (unpaired) electrons. The summed E-state index contributed by atoms with van der Waals surface area (Å²) in [7, 11) is 1.29. The Morgan fingerprint density at radius 2 is 1.85 bits per heavy atom. The van der Waals surface area contributed by atoms with E-state index in [1.54, 1.807) is 12.1 Å². The highest BCUT2D eigenvalue weighted by molar-refractivity contribution is 6.11. The highest BCUT2D eigenvalue weighted by atomic mass is 16.5. The van der Waals surface area contributed by atoms with E-state index in [-0.39, 0.29) is 34.7 Å². The molecule has 14 heteroatoms. The van der Waals surface area contributed by atoms with Gasteiger partial charge in [-0.25, -0.2) is 0 Å². The Hall–Kier alpha value is -4.98. The topological polar surface area (TPSA) is 203 Å². The second kappa shape index (κ2) is 12.5. The third-order valence-electron chi connectivity index (χ3n) is 5.78. The number of rotatable bonds is 10. The number of fused-ring (bicyclic) bond motifs is 1. The fourth-order valence-corrected chi connectivity index (χ4v) is 3.96. The lowest BCUT2D eigenvalue weighted by molar-refractivity contribution is -0.139. The van der Waals surface area contributed by atoms with Crippen LogP contribution in [-0.2, 0) is 24.0 Å². The number of aromatic hydroxyl groups is 1. The van der Waals surface area contributed by atoms with Crippen molar-refractivity contribution in [2.45, 2.75) is 18.5 Å². The maximum absolute atomic E-state index is 13.7. The fraction of sp³-hybridized carbons (Fsp3) is 0.280. The van der Waals surface area contributed by atoms with Crippen LogP contribution in [0.3, 0.4) is 0 Å². The molecule has 5 N–H and O–H groups in total. The molecule has 1 aliphatic rings. The van der Waals surface area contributed by atoms with Crippen molar-refractivity contribution in [2.75, 3.05) is 36.6 Å². The minimum absolute atomic E-state index is 0.00345. The van der Waals surface area contributed by atoms with Gasteiger partial charge in [0.25, 0.3) is 17.7 Å². The van der Waals surface area contributed by atoms with Crippen LogP contribution < -0.4 is 25.2 Å². The van der Waals surface area contributed by atoms with Crippen molar-refractivity contribution >= 4 is 47.3 Å². The Balaban J connectivity index is 1.97. The normalized spacial score (nSPS) is 15.4. The summed E-state index contributed by atoms with van der Waals surface area (Å²) in [6.45, 7) is -1.99. The SMILES string of the molecule is COc1cc(C(=O)N[C@H]2CN(C(=O)CO)c3ccccc3N(CC(=O)N[C@H](C=O)CC(=O)O)C2=O)ccc1O. The van der Waals surface area contributed by atoms with Gasteiger partial charge in [-0.2, -0.15) is 0 Å². The Labute approximate surface area is 221 Å². The zero-order valence-electron chi connectivity index (χ0n) is 20.7. The number of aliphatic hydroxyl groups excluding tert-OH is 1. The highest BCUT2D eigenvalue weighted by Crippen LogP contribution is 2.33. The molecule has 0 aliphatic carbocycles. The van der Waals surface area contributed by atoms with Gasteiger partial charge >= 0.3 is 5.97 Å². The van der Waals surface area contributed by atoms with Crippen LogP contribution in [0.25, 0.3) is 0 Å². The monoisotopic (exact) mass is 542 g/mol. The van der Waals surface area contributed by atoms with Gasteiger partial charge in [-0.3, -0.25) is 28.9 Å². The number of carboxylic acid groups (broad SMARTS) is 1. The molecule has 14 nitrogen and oxygen atoms in total. The number of amides is 4. The number of aliphatic hydroxyl groups is 1. The molecule has 0 saturated carbocycles. The van der Waals surface area contributed by atoms with Crippen LogP contribution in [0.15, 0.2) is 42.5 Å². The van der Waals surface area contributed by atoms with Crippen LogP contribution in [0.5, 0.6) is 11.5 Å². The van der Waals surface area contributed by atoms with Crippen molar-refractivity contribution in [1.29, 1.82) is 0 Å². The number of aliphatic carboxylic acids is 1. The number of anilines is 2. The van der Waals surface area contributed by atoms with Gasteiger partial charge in [-0.15, -0.1) is 0 Å². The molecular formula is C25H26N4O10. The van der Waals surface area contributed by atoms with Crippen molar-refractivity contribution < 1.29 is 48.8 Å². The molecule has 4 amide bonds. The number of hydrogen-bond acceptors (Lipinski definition) is 9. The minimum atomic E-state index is -1.41. The van der Waals surface area contributed by atoms with E-state index in [1.165, 1.54) is 37.4 Å². The number of hydrogen-bond donors (Lipinski definition) is 5. The molecule has 1 heterocycles. The third-order valence-corrected chi connectivity index (χ3v) is 5.78. The quantitative estimate of drug-likeness (QED) is 0.232. The number of para-hydroxylation sites is 2. The molecule has 0 unspecified atom stereocenters. The first kappa shape index (κ1) is 28.6. The molecule has 1 aliphatic heterocycles. The number of phenols is 1. The zero-order valence-corrected chi connectivity index (χ0v) is 20.7. The molecule has 0 saturated heterocycles. The van der Waals surface area contributed by atoms with Gasteiger partial charge in [0.2, 0.25) is 5.91 Å². The smallest absolute Gasteiger partial charge is 0.305 e. The number of aldehydes is 1. The van der Waals surface area contributed by atoms with E-state index in [9.17, 15) is 39.0 Å². The lowest BCUT2D eigenvalue weighted by Gasteiger charge is -2.25. The van der Waals surface area contributed by atoms with E-state index in [0.29, 0.717) is 0 Å². The molecule has 206 valence electrons. The van der Waals surface area contributed by atoms with Gasteiger partial charge in [0.05, 0.1) is 37.5 Å². The van der Waals surface area contributed by atoms with Gasteiger partial charge in [-0.1, -0.05) is 12.1 Å². The van der Waals surface area contributed by atoms with E-state index in [4.69, 9.17) is 9.84 Å². The molecular weight excluding hydrogens is 516 g/mol. The van der Waals surface area contributed by atoms with E-state index in [2.05, 4.69) is 10.6 Å². The number of benzene rings is 2. The fourth-order valence-electron chi connectivity index (χ4n) is 3.96. The maximum atomic E-state index is 13.7. The number of nitrogens with zero attached hydrogens (tertiary/aromatic N) is 2. The summed E-state index contributed by atoms with van der Waals surface area (Å²) >= 11 is 0. The van der Waals surface area contributed by atoms with Crippen molar-refractivity contribution in [3.8, 4) is 11.5 Å². The minimum Gasteiger partial charge on any atom is -0.504 e. The van der Waals surface area contributed by atoms with Gasteiger partial charge < -0.3 is 40.4 Å². The number of methoxy groups -OCH3 is 1. The summed E-state index contributed by atoms with van der Waals surface area (Å²) in [4.78, 5) is 76.4. The summed E-state index contributed by atoms with van der Waals surface area (Å²) in [5.74, 6) is -4.75. The molecule has 39 heavy (non-hydrogen) atoms. The molecule has 0 spiro atoms. The van der Waals surface area contributed by atoms with Crippen LogP contribution in [0.1, 0.15) is 16.8 Å². The number of carbonyl (C=O) groups excluding carboxylic acids is 5. The van der Waals surface area contributed by atoms with Crippen molar-refractivity contribution in [3.63, 3.8) is 0 Å². The van der Waals surface area contributed by atoms with Crippen LogP contribution >= 0.6 is 0 Å². The van der Waals surface area contributed by atoms with Crippen molar-refractivity contribution in [3.05, 3.63) is 48.0 Å². The van der Waals surface area contributed by atoms with E-state index in [1.807, 2.05) is 0 Å². The Bertz CT molecular complexity index is 1300.